The second kappa shape index (κ2) is 7.01. The number of nitrogens with zero attached hydrogens (tertiary/aromatic N) is 1. The fourth-order valence-electron chi connectivity index (χ4n) is 1.48. The maximum atomic E-state index is 11.5. The molecule has 0 spiro atoms. The lowest BCUT2D eigenvalue weighted by molar-refractivity contribution is -0.139. The Bertz CT molecular complexity index is 508. The molecule has 0 aliphatic rings. The molecule has 0 saturated carbocycles. The zero-order chi connectivity index (χ0) is 14.3. The number of nitrogens with one attached hydrogen (secondary N) is 2. The number of benzene rings is 1. The first-order chi connectivity index (χ1) is 9.06. The van der Waals surface area contributed by atoms with E-state index in [0.717, 1.165) is 5.56 Å². The highest BCUT2D eigenvalue weighted by molar-refractivity contribution is 5.82. The van der Waals surface area contributed by atoms with Crippen molar-refractivity contribution in [2.45, 2.75) is 25.9 Å². The normalized spacial score (nSPS) is 11.2. The number of aliphatic carboxylic acids is 1. The summed E-state index contributed by atoms with van der Waals surface area (Å²) in [7, 11) is 0. The molecule has 0 heterocycles. The molecule has 0 aliphatic carbocycles. The summed E-state index contributed by atoms with van der Waals surface area (Å²) in [4.78, 5) is 22.2. The molecule has 3 N–H and O–H groups in total. The Morgan fingerprint density at radius 2 is 2.21 bits per heavy atom. The van der Waals surface area contributed by atoms with Crippen molar-refractivity contribution in [2.24, 2.45) is 0 Å². The topological polar surface area (TPSA) is 102 Å². The summed E-state index contributed by atoms with van der Waals surface area (Å²) in [6, 6.07) is 7.39. The summed E-state index contributed by atoms with van der Waals surface area (Å²) in [5.41, 5.74) is 1.29. The highest BCUT2D eigenvalue weighted by Gasteiger charge is 2.16. The van der Waals surface area contributed by atoms with E-state index in [0.29, 0.717) is 12.0 Å². The van der Waals surface area contributed by atoms with Gasteiger partial charge in [0.2, 0.25) is 0 Å². The predicted octanol–water partition coefficient (Wildman–Crippen LogP) is 1.22. The van der Waals surface area contributed by atoms with Crippen LogP contribution in [-0.2, 0) is 11.3 Å². The Balaban J connectivity index is 2.50. The van der Waals surface area contributed by atoms with Crippen LogP contribution in [0.1, 0.15) is 24.5 Å². The monoisotopic (exact) mass is 261 g/mol. The number of carbonyl (C=O) groups is 2. The molecule has 0 aromatic heterocycles. The quantitative estimate of drug-likeness (QED) is 0.741. The third kappa shape index (κ3) is 4.68. The third-order valence-corrected chi connectivity index (χ3v) is 2.52. The Kier molecular flexibility index (Phi) is 5.35. The minimum atomic E-state index is -1.07. The van der Waals surface area contributed by atoms with E-state index in [4.69, 9.17) is 10.4 Å². The van der Waals surface area contributed by atoms with E-state index in [1.54, 1.807) is 31.2 Å². The van der Waals surface area contributed by atoms with E-state index in [1.807, 2.05) is 6.07 Å². The molecule has 0 unspecified atom stereocenters. The average molecular weight is 261 g/mol. The van der Waals surface area contributed by atoms with Crippen molar-refractivity contribution in [1.29, 1.82) is 5.26 Å². The van der Waals surface area contributed by atoms with Gasteiger partial charge in [0, 0.05) is 6.54 Å². The van der Waals surface area contributed by atoms with Crippen molar-refractivity contribution in [3.63, 3.8) is 0 Å². The number of rotatable bonds is 5. The first-order valence-corrected chi connectivity index (χ1v) is 5.83. The molecule has 0 radical (unpaired) electrons. The second-order valence-electron chi connectivity index (χ2n) is 3.94. The summed E-state index contributed by atoms with van der Waals surface area (Å²) in [5.74, 6) is -1.07. The number of amides is 2. The third-order valence-electron chi connectivity index (χ3n) is 2.52. The molecule has 1 aromatic rings. The van der Waals surface area contributed by atoms with Crippen LogP contribution >= 0.6 is 0 Å². The lowest BCUT2D eigenvalue weighted by atomic mass is 10.1. The van der Waals surface area contributed by atoms with Gasteiger partial charge in [-0.25, -0.2) is 9.59 Å². The summed E-state index contributed by atoms with van der Waals surface area (Å²) in [5, 5.41) is 22.4. The van der Waals surface area contributed by atoms with Crippen molar-refractivity contribution in [1.82, 2.24) is 10.6 Å². The molecule has 0 saturated heterocycles. The van der Waals surface area contributed by atoms with Gasteiger partial charge < -0.3 is 15.7 Å². The molecule has 1 rings (SSSR count). The molecule has 0 fully saturated rings. The van der Waals surface area contributed by atoms with E-state index in [1.165, 1.54) is 0 Å². The fraction of sp³-hybridized carbons (Fsp3) is 0.308. The molecule has 6 heteroatoms. The van der Waals surface area contributed by atoms with Crippen LogP contribution in [0, 0.1) is 11.3 Å². The SMILES string of the molecule is CC[C@@H](NC(=O)NCc1cccc(C#N)c1)C(=O)O. The largest absolute Gasteiger partial charge is 0.480 e. The highest BCUT2D eigenvalue weighted by atomic mass is 16.4. The van der Waals surface area contributed by atoms with Gasteiger partial charge in [-0.2, -0.15) is 5.26 Å². The summed E-state index contributed by atoms with van der Waals surface area (Å²) < 4.78 is 0. The standard InChI is InChI=1S/C13H15N3O3/c1-2-11(12(17)18)16-13(19)15-8-10-5-3-4-9(6-10)7-14/h3-6,11H,2,8H2,1H3,(H,17,18)(H2,15,16,19)/t11-/m1/s1. The van der Waals surface area contributed by atoms with Crippen molar-refractivity contribution >= 4 is 12.0 Å². The van der Waals surface area contributed by atoms with Crippen LogP contribution in [0.3, 0.4) is 0 Å². The molecule has 100 valence electrons. The van der Waals surface area contributed by atoms with Crippen LogP contribution in [0.2, 0.25) is 0 Å². The van der Waals surface area contributed by atoms with Crippen molar-refractivity contribution < 1.29 is 14.7 Å². The van der Waals surface area contributed by atoms with E-state index < -0.39 is 18.0 Å². The van der Waals surface area contributed by atoms with Crippen LogP contribution in [0.5, 0.6) is 0 Å². The zero-order valence-corrected chi connectivity index (χ0v) is 10.5. The Morgan fingerprint density at radius 1 is 1.47 bits per heavy atom. The van der Waals surface area contributed by atoms with E-state index >= 15 is 0 Å². The molecule has 19 heavy (non-hydrogen) atoms. The Hall–Kier alpha value is -2.55. The number of carboxylic acids is 1. The van der Waals surface area contributed by atoms with Gasteiger partial charge in [0.25, 0.3) is 0 Å². The van der Waals surface area contributed by atoms with Crippen LogP contribution < -0.4 is 10.6 Å². The first kappa shape index (κ1) is 14.5. The minimum Gasteiger partial charge on any atom is -0.480 e. The van der Waals surface area contributed by atoms with Gasteiger partial charge in [0.1, 0.15) is 6.04 Å². The molecular weight excluding hydrogens is 246 g/mol. The van der Waals surface area contributed by atoms with Gasteiger partial charge in [0.05, 0.1) is 11.6 Å². The van der Waals surface area contributed by atoms with Crippen molar-refractivity contribution in [2.75, 3.05) is 0 Å². The van der Waals surface area contributed by atoms with Crippen molar-refractivity contribution in [3.05, 3.63) is 35.4 Å². The maximum Gasteiger partial charge on any atom is 0.326 e. The first-order valence-electron chi connectivity index (χ1n) is 5.83. The number of nitriles is 1. The van der Waals surface area contributed by atoms with Gasteiger partial charge in [-0.05, 0) is 24.1 Å². The van der Waals surface area contributed by atoms with E-state index in [9.17, 15) is 9.59 Å². The molecule has 1 aromatic carbocycles. The molecular formula is C13H15N3O3. The maximum absolute atomic E-state index is 11.5. The molecule has 2 amide bonds. The molecule has 6 nitrogen and oxygen atoms in total. The fourth-order valence-corrected chi connectivity index (χ4v) is 1.48. The minimum absolute atomic E-state index is 0.234. The number of carboxylic acid groups (broad SMARTS) is 1. The van der Waals surface area contributed by atoms with Gasteiger partial charge in [0.15, 0.2) is 0 Å². The van der Waals surface area contributed by atoms with Gasteiger partial charge in [-0.3, -0.25) is 0 Å². The van der Waals surface area contributed by atoms with Crippen LogP contribution in [-0.4, -0.2) is 23.1 Å². The summed E-state index contributed by atoms with van der Waals surface area (Å²) in [6.07, 6.45) is 0.312. The lowest BCUT2D eigenvalue weighted by Crippen LogP contribution is -2.45. The van der Waals surface area contributed by atoms with E-state index in [-0.39, 0.29) is 6.54 Å². The molecule has 0 aliphatic heterocycles. The lowest BCUT2D eigenvalue weighted by Gasteiger charge is -2.13. The van der Waals surface area contributed by atoms with Gasteiger partial charge in [-0.1, -0.05) is 19.1 Å². The van der Waals surface area contributed by atoms with Gasteiger partial charge in [-0.15, -0.1) is 0 Å². The Labute approximate surface area is 111 Å². The average Bonchev–Trinajstić information content (AvgIpc) is 2.42. The number of urea groups is 1. The molecule has 1 atom stereocenters. The van der Waals surface area contributed by atoms with Crippen molar-refractivity contribution in [3.8, 4) is 6.07 Å². The second-order valence-corrected chi connectivity index (χ2v) is 3.94. The number of carbonyl (C=O) groups excluding carboxylic acids is 1. The smallest absolute Gasteiger partial charge is 0.326 e. The van der Waals surface area contributed by atoms with Crippen LogP contribution in [0.4, 0.5) is 4.79 Å². The highest BCUT2D eigenvalue weighted by Crippen LogP contribution is 2.03. The predicted molar refractivity (Wildman–Crippen MR) is 68.2 cm³/mol. The van der Waals surface area contributed by atoms with Crippen LogP contribution in [0.15, 0.2) is 24.3 Å². The van der Waals surface area contributed by atoms with E-state index in [2.05, 4.69) is 10.6 Å². The van der Waals surface area contributed by atoms with Crippen LogP contribution in [0.25, 0.3) is 0 Å². The summed E-state index contributed by atoms with van der Waals surface area (Å²) >= 11 is 0. The zero-order valence-electron chi connectivity index (χ0n) is 10.5. The van der Waals surface area contributed by atoms with Gasteiger partial charge >= 0.3 is 12.0 Å². The Morgan fingerprint density at radius 3 is 2.79 bits per heavy atom. The molecule has 0 bridgehead atoms. The summed E-state index contributed by atoms with van der Waals surface area (Å²) in [6.45, 7) is 1.91. The number of hydrogen-bond donors (Lipinski definition) is 3. The number of hydrogen-bond acceptors (Lipinski definition) is 3.